The first-order chi connectivity index (χ1) is 8.58. The molecule has 18 heavy (non-hydrogen) atoms. The minimum Gasteiger partial charge on any atom is -0.398 e. The van der Waals surface area contributed by atoms with Crippen LogP contribution in [0.2, 0.25) is 0 Å². The number of benzene rings is 1. The Morgan fingerprint density at radius 1 is 1.22 bits per heavy atom. The van der Waals surface area contributed by atoms with Gasteiger partial charge in [-0.2, -0.15) is 0 Å². The maximum atomic E-state index is 6.10. The Morgan fingerprint density at radius 2 is 2.00 bits per heavy atom. The zero-order valence-corrected chi connectivity index (χ0v) is 11.9. The summed E-state index contributed by atoms with van der Waals surface area (Å²) in [6.07, 6.45) is 3.75. The molecule has 1 atom stereocenters. The van der Waals surface area contributed by atoms with Gasteiger partial charge in [0.2, 0.25) is 0 Å². The van der Waals surface area contributed by atoms with Crippen LogP contribution in [0.1, 0.15) is 44.7 Å². The number of hydrogen-bond donors (Lipinski definition) is 1. The zero-order valence-electron chi connectivity index (χ0n) is 11.9. The van der Waals surface area contributed by atoms with Crippen molar-refractivity contribution in [1.82, 2.24) is 4.90 Å². The predicted molar refractivity (Wildman–Crippen MR) is 78.5 cm³/mol. The molecule has 1 aliphatic heterocycles. The second-order valence-corrected chi connectivity index (χ2v) is 6.03. The summed E-state index contributed by atoms with van der Waals surface area (Å²) in [5.41, 5.74) is 9.87. The van der Waals surface area contributed by atoms with Crippen molar-refractivity contribution in [2.75, 3.05) is 12.3 Å². The molecule has 1 heterocycles. The maximum absolute atomic E-state index is 6.10. The summed E-state index contributed by atoms with van der Waals surface area (Å²) in [7, 11) is 0. The quantitative estimate of drug-likeness (QED) is 0.824. The molecule has 0 saturated carbocycles. The van der Waals surface area contributed by atoms with Crippen LogP contribution in [0.15, 0.2) is 18.2 Å². The van der Waals surface area contributed by atoms with E-state index in [4.69, 9.17) is 5.73 Å². The molecule has 0 amide bonds. The first kappa shape index (κ1) is 13.4. The van der Waals surface area contributed by atoms with Crippen LogP contribution in [-0.4, -0.2) is 17.5 Å². The molecule has 2 rings (SSSR count). The highest BCUT2D eigenvalue weighted by Gasteiger charge is 2.21. The van der Waals surface area contributed by atoms with E-state index < -0.39 is 0 Å². The average molecular weight is 246 g/mol. The maximum Gasteiger partial charge on any atom is 0.0362 e. The summed E-state index contributed by atoms with van der Waals surface area (Å²) in [4.78, 5) is 2.58. The van der Waals surface area contributed by atoms with Gasteiger partial charge in [0.25, 0.3) is 0 Å². The fourth-order valence-electron chi connectivity index (χ4n) is 2.76. The fraction of sp³-hybridized carbons (Fsp3) is 0.625. The van der Waals surface area contributed by atoms with Crippen LogP contribution in [0.25, 0.3) is 0 Å². The van der Waals surface area contributed by atoms with Gasteiger partial charge in [-0.05, 0) is 49.3 Å². The summed E-state index contributed by atoms with van der Waals surface area (Å²) in [6.45, 7) is 9.16. The molecule has 0 fully saturated rings. The highest BCUT2D eigenvalue weighted by molar-refractivity contribution is 5.51. The molecule has 0 spiro atoms. The molecule has 1 unspecified atom stereocenters. The number of rotatable bonds is 4. The molecule has 1 aromatic rings. The van der Waals surface area contributed by atoms with E-state index in [0.717, 1.165) is 24.6 Å². The van der Waals surface area contributed by atoms with Crippen LogP contribution >= 0.6 is 0 Å². The highest BCUT2D eigenvalue weighted by Crippen LogP contribution is 2.26. The van der Waals surface area contributed by atoms with Crippen LogP contribution in [0, 0.1) is 5.92 Å². The molecule has 0 aromatic heterocycles. The average Bonchev–Trinajstić information content (AvgIpc) is 2.36. The van der Waals surface area contributed by atoms with Crippen LogP contribution in [0.4, 0.5) is 5.69 Å². The van der Waals surface area contributed by atoms with Crippen LogP contribution in [0.3, 0.4) is 0 Å². The molecule has 2 heteroatoms. The standard InChI is InChI=1S/C16H26N2/c1-12(2)7-8-13(3)18-10-9-14-5-4-6-16(17)15(14)11-18/h4-6,12-13H,7-11,17H2,1-3H3. The van der Waals surface area contributed by atoms with E-state index in [2.05, 4.69) is 37.8 Å². The van der Waals surface area contributed by atoms with E-state index in [1.54, 1.807) is 0 Å². The molecule has 0 aliphatic carbocycles. The summed E-state index contributed by atoms with van der Waals surface area (Å²) in [5, 5.41) is 0. The van der Waals surface area contributed by atoms with Gasteiger partial charge in [0.1, 0.15) is 0 Å². The lowest BCUT2D eigenvalue weighted by Crippen LogP contribution is -2.38. The number of nitrogens with two attached hydrogens (primary N) is 1. The van der Waals surface area contributed by atoms with E-state index in [0.29, 0.717) is 6.04 Å². The number of hydrogen-bond acceptors (Lipinski definition) is 2. The van der Waals surface area contributed by atoms with Gasteiger partial charge in [0, 0.05) is 24.8 Å². The Kier molecular flexibility index (Phi) is 4.28. The van der Waals surface area contributed by atoms with E-state index >= 15 is 0 Å². The van der Waals surface area contributed by atoms with Gasteiger partial charge >= 0.3 is 0 Å². The van der Waals surface area contributed by atoms with E-state index in [1.807, 2.05) is 6.07 Å². The fourth-order valence-corrected chi connectivity index (χ4v) is 2.76. The molecule has 0 bridgehead atoms. The number of nitrogen functional groups attached to an aromatic ring is 1. The van der Waals surface area contributed by atoms with Gasteiger partial charge in [-0.25, -0.2) is 0 Å². The molecule has 1 aromatic carbocycles. The van der Waals surface area contributed by atoms with Crippen LogP contribution < -0.4 is 5.73 Å². The third-order valence-electron chi connectivity index (χ3n) is 4.12. The third-order valence-corrected chi connectivity index (χ3v) is 4.12. The van der Waals surface area contributed by atoms with Crippen LogP contribution in [0.5, 0.6) is 0 Å². The lowest BCUT2D eigenvalue weighted by molar-refractivity contribution is 0.176. The van der Waals surface area contributed by atoms with Crippen LogP contribution in [-0.2, 0) is 13.0 Å². The van der Waals surface area contributed by atoms with E-state index in [1.165, 1.54) is 30.5 Å². The first-order valence-corrected chi connectivity index (χ1v) is 7.18. The summed E-state index contributed by atoms with van der Waals surface area (Å²) in [6, 6.07) is 7.00. The molecule has 0 saturated heterocycles. The van der Waals surface area contributed by atoms with Crippen molar-refractivity contribution in [2.24, 2.45) is 5.92 Å². The van der Waals surface area contributed by atoms with Gasteiger partial charge in [0.15, 0.2) is 0 Å². The Morgan fingerprint density at radius 3 is 2.72 bits per heavy atom. The summed E-state index contributed by atoms with van der Waals surface area (Å²) < 4.78 is 0. The number of fused-ring (bicyclic) bond motifs is 1. The summed E-state index contributed by atoms with van der Waals surface area (Å²) in [5.74, 6) is 0.801. The normalized spacial score (nSPS) is 17.8. The second kappa shape index (κ2) is 5.75. The molecular weight excluding hydrogens is 220 g/mol. The molecule has 100 valence electrons. The Hall–Kier alpha value is -1.02. The Labute approximate surface area is 111 Å². The number of nitrogens with zero attached hydrogens (tertiary/aromatic N) is 1. The topological polar surface area (TPSA) is 29.3 Å². The highest BCUT2D eigenvalue weighted by atomic mass is 15.2. The predicted octanol–water partition coefficient (Wildman–Crippen LogP) is 3.45. The lowest BCUT2D eigenvalue weighted by atomic mass is 9.95. The second-order valence-electron chi connectivity index (χ2n) is 6.03. The largest absolute Gasteiger partial charge is 0.398 e. The van der Waals surface area contributed by atoms with Crippen molar-refractivity contribution >= 4 is 5.69 Å². The smallest absolute Gasteiger partial charge is 0.0362 e. The van der Waals surface area contributed by atoms with Crippen molar-refractivity contribution in [2.45, 2.75) is 52.6 Å². The van der Waals surface area contributed by atoms with Gasteiger partial charge in [-0.15, -0.1) is 0 Å². The minimum atomic E-state index is 0.667. The molecule has 2 nitrogen and oxygen atoms in total. The molecule has 1 aliphatic rings. The molecular formula is C16H26N2. The van der Waals surface area contributed by atoms with Gasteiger partial charge in [0.05, 0.1) is 0 Å². The van der Waals surface area contributed by atoms with Crippen molar-refractivity contribution in [3.05, 3.63) is 29.3 Å². The lowest BCUT2D eigenvalue weighted by Gasteiger charge is -2.34. The number of anilines is 1. The van der Waals surface area contributed by atoms with Crippen molar-refractivity contribution in [3.63, 3.8) is 0 Å². The summed E-state index contributed by atoms with van der Waals surface area (Å²) >= 11 is 0. The monoisotopic (exact) mass is 246 g/mol. The molecule has 0 radical (unpaired) electrons. The van der Waals surface area contributed by atoms with Crippen molar-refractivity contribution < 1.29 is 0 Å². The van der Waals surface area contributed by atoms with Crippen molar-refractivity contribution in [1.29, 1.82) is 0 Å². The zero-order chi connectivity index (χ0) is 13.1. The third kappa shape index (κ3) is 3.05. The van der Waals surface area contributed by atoms with E-state index in [-0.39, 0.29) is 0 Å². The minimum absolute atomic E-state index is 0.667. The SMILES string of the molecule is CC(C)CCC(C)N1CCc2cccc(N)c2C1. The van der Waals surface area contributed by atoms with Crippen molar-refractivity contribution in [3.8, 4) is 0 Å². The Balaban J connectivity index is 2.00. The van der Waals surface area contributed by atoms with Gasteiger partial charge in [-0.1, -0.05) is 26.0 Å². The van der Waals surface area contributed by atoms with Gasteiger partial charge in [-0.3, -0.25) is 4.90 Å². The first-order valence-electron chi connectivity index (χ1n) is 7.18. The molecule has 2 N–H and O–H groups in total. The van der Waals surface area contributed by atoms with E-state index in [9.17, 15) is 0 Å². The van der Waals surface area contributed by atoms with Gasteiger partial charge < -0.3 is 5.73 Å². The Bertz CT molecular complexity index is 398.